The van der Waals surface area contributed by atoms with Crippen LogP contribution in [0.25, 0.3) is 0 Å². The third kappa shape index (κ3) is 9.62. The molecule has 37 heavy (non-hydrogen) atoms. The van der Waals surface area contributed by atoms with E-state index < -0.39 is 22.2 Å². The molecule has 1 amide bonds. The molecule has 8 nitrogen and oxygen atoms in total. The van der Waals surface area contributed by atoms with Crippen LogP contribution in [-0.2, 0) is 32.6 Å². The van der Waals surface area contributed by atoms with Crippen molar-refractivity contribution in [1.29, 1.82) is 0 Å². The number of carbonyl (C=O) groups excluding carboxylic acids is 1. The summed E-state index contributed by atoms with van der Waals surface area (Å²) >= 11 is 6.09. The first-order valence-electron chi connectivity index (χ1n) is 11.5. The summed E-state index contributed by atoms with van der Waals surface area (Å²) in [5.74, 6) is -2.78. The zero-order valence-electron chi connectivity index (χ0n) is 20.2. The Bertz CT molecular complexity index is 1150. The van der Waals surface area contributed by atoms with Gasteiger partial charge < -0.3 is 15.3 Å². The monoisotopic (exact) mass is 563 g/mol. The van der Waals surface area contributed by atoms with Crippen LogP contribution >= 0.6 is 11.6 Å². The van der Waals surface area contributed by atoms with Crippen molar-refractivity contribution in [3.63, 3.8) is 0 Å². The van der Waals surface area contributed by atoms with E-state index in [0.29, 0.717) is 18.1 Å². The molecule has 1 aliphatic heterocycles. The summed E-state index contributed by atoms with van der Waals surface area (Å²) in [4.78, 5) is 23.5. The van der Waals surface area contributed by atoms with Crippen LogP contribution < -0.4 is 5.32 Å². The summed E-state index contributed by atoms with van der Waals surface area (Å²) in [6.07, 6.45) is -4.10. The Morgan fingerprint density at radius 2 is 1.68 bits per heavy atom. The van der Waals surface area contributed by atoms with E-state index in [1.807, 2.05) is 25.1 Å². The number of halogens is 4. The summed E-state index contributed by atoms with van der Waals surface area (Å²) in [5.41, 5.74) is 1.86. The number of hydrogen-bond donors (Lipinski definition) is 2. The number of aliphatic carboxylic acids is 1. The SMILES string of the molecule is CCc1ccc(S(=O)(=O)N(CCC(=O)N2CCNCC2)Cc2cccc(Cl)c2)cc1.O=C(O)C(F)(F)F. The minimum absolute atomic E-state index is 0.0240. The molecule has 204 valence electrons. The Kier molecular flexibility index (Phi) is 11.4. The standard InChI is InChI=1S/C22H28ClN3O3S.C2HF3O2/c1-2-18-6-8-21(9-7-18)30(28,29)26(17-19-4-3-5-20(23)16-19)13-10-22(27)25-14-11-24-12-15-25;3-2(4,5)1(6)7/h3-9,16,24H,2,10-15,17H2,1H3;(H,6,7). The molecule has 2 aromatic carbocycles. The van der Waals surface area contributed by atoms with Crippen LogP contribution in [0.4, 0.5) is 13.2 Å². The minimum Gasteiger partial charge on any atom is -0.475 e. The normalized spacial score (nSPS) is 14.2. The summed E-state index contributed by atoms with van der Waals surface area (Å²) in [6, 6.07) is 14.1. The Morgan fingerprint density at radius 3 is 2.19 bits per heavy atom. The molecule has 0 atom stereocenters. The first kappa shape index (κ1) is 30.6. The number of nitrogens with one attached hydrogen (secondary N) is 1. The first-order valence-corrected chi connectivity index (χ1v) is 13.3. The molecule has 0 aromatic heterocycles. The number of nitrogens with zero attached hydrogens (tertiary/aromatic N) is 2. The van der Waals surface area contributed by atoms with E-state index in [2.05, 4.69) is 5.32 Å². The topological polar surface area (TPSA) is 107 Å². The number of carbonyl (C=O) groups is 2. The van der Waals surface area contributed by atoms with Crippen molar-refractivity contribution in [2.24, 2.45) is 0 Å². The van der Waals surface area contributed by atoms with E-state index >= 15 is 0 Å². The van der Waals surface area contributed by atoms with Crippen LogP contribution in [0.5, 0.6) is 0 Å². The lowest BCUT2D eigenvalue weighted by Crippen LogP contribution is -2.47. The van der Waals surface area contributed by atoms with Crippen molar-refractivity contribution in [2.75, 3.05) is 32.7 Å². The fourth-order valence-corrected chi connectivity index (χ4v) is 5.10. The van der Waals surface area contributed by atoms with Crippen LogP contribution in [0.2, 0.25) is 5.02 Å². The molecule has 3 rings (SSSR count). The zero-order chi connectivity index (χ0) is 27.6. The lowest BCUT2D eigenvalue weighted by atomic mass is 10.2. The van der Waals surface area contributed by atoms with Gasteiger partial charge in [0.05, 0.1) is 4.90 Å². The average Bonchev–Trinajstić information content (AvgIpc) is 2.86. The van der Waals surface area contributed by atoms with E-state index in [9.17, 15) is 26.4 Å². The van der Waals surface area contributed by atoms with Gasteiger partial charge in [0, 0.05) is 50.7 Å². The number of alkyl halides is 3. The molecule has 13 heteroatoms. The summed E-state index contributed by atoms with van der Waals surface area (Å²) < 4.78 is 59.8. The lowest BCUT2D eigenvalue weighted by molar-refractivity contribution is -0.192. The van der Waals surface area contributed by atoms with Crippen LogP contribution in [-0.4, -0.2) is 73.5 Å². The second kappa shape index (κ2) is 13.8. The van der Waals surface area contributed by atoms with Gasteiger partial charge >= 0.3 is 12.1 Å². The summed E-state index contributed by atoms with van der Waals surface area (Å²) in [7, 11) is -3.76. The third-order valence-electron chi connectivity index (χ3n) is 5.50. The van der Waals surface area contributed by atoms with Gasteiger partial charge in [0.2, 0.25) is 15.9 Å². The number of carboxylic acid groups (broad SMARTS) is 1. The molecule has 0 bridgehead atoms. The van der Waals surface area contributed by atoms with Crippen molar-refractivity contribution >= 4 is 33.5 Å². The number of sulfonamides is 1. The van der Waals surface area contributed by atoms with Gasteiger partial charge in [0.1, 0.15) is 0 Å². The van der Waals surface area contributed by atoms with Crippen LogP contribution in [0.1, 0.15) is 24.5 Å². The van der Waals surface area contributed by atoms with E-state index in [1.54, 1.807) is 35.2 Å². The molecule has 2 N–H and O–H groups in total. The van der Waals surface area contributed by atoms with Crippen molar-refractivity contribution in [2.45, 2.75) is 37.4 Å². The first-order chi connectivity index (χ1) is 17.3. The molecule has 1 saturated heterocycles. The van der Waals surface area contributed by atoms with Crippen LogP contribution in [0.15, 0.2) is 53.4 Å². The third-order valence-corrected chi connectivity index (χ3v) is 7.60. The smallest absolute Gasteiger partial charge is 0.475 e. The highest BCUT2D eigenvalue weighted by Crippen LogP contribution is 2.21. The molecule has 0 spiro atoms. The Balaban J connectivity index is 0.000000604. The number of benzene rings is 2. The van der Waals surface area contributed by atoms with E-state index in [-0.39, 0.29) is 30.3 Å². The van der Waals surface area contributed by atoms with E-state index in [0.717, 1.165) is 30.6 Å². The fourth-order valence-electron chi connectivity index (χ4n) is 3.46. The summed E-state index contributed by atoms with van der Waals surface area (Å²) in [5, 5.41) is 10.9. The number of rotatable bonds is 8. The summed E-state index contributed by atoms with van der Waals surface area (Å²) in [6.45, 7) is 5.13. The Labute approximate surface area is 219 Å². The quantitative estimate of drug-likeness (QED) is 0.509. The molecule has 0 aliphatic carbocycles. The van der Waals surface area contributed by atoms with E-state index in [1.165, 1.54) is 4.31 Å². The zero-order valence-corrected chi connectivity index (χ0v) is 21.7. The van der Waals surface area contributed by atoms with Crippen LogP contribution in [0.3, 0.4) is 0 Å². The van der Waals surface area contributed by atoms with Crippen LogP contribution in [0, 0.1) is 0 Å². The van der Waals surface area contributed by atoms with Crippen molar-refractivity contribution < 1.29 is 36.3 Å². The molecule has 0 radical (unpaired) electrons. The largest absolute Gasteiger partial charge is 0.490 e. The van der Waals surface area contributed by atoms with Gasteiger partial charge in [-0.1, -0.05) is 42.8 Å². The van der Waals surface area contributed by atoms with Crippen molar-refractivity contribution in [1.82, 2.24) is 14.5 Å². The molecule has 1 aliphatic rings. The maximum atomic E-state index is 13.4. The van der Waals surface area contributed by atoms with E-state index in [4.69, 9.17) is 21.5 Å². The highest BCUT2D eigenvalue weighted by molar-refractivity contribution is 7.89. The van der Waals surface area contributed by atoms with Gasteiger partial charge in [-0.15, -0.1) is 0 Å². The Hall–Kier alpha value is -2.67. The minimum atomic E-state index is -5.08. The second-order valence-electron chi connectivity index (χ2n) is 8.15. The van der Waals surface area contributed by atoms with Gasteiger partial charge in [0.15, 0.2) is 0 Å². The number of amides is 1. The molecule has 0 saturated carbocycles. The van der Waals surface area contributed by atoms with Gasteiger partial charge in [-0.3, -0.25) is 4.79 Å². The fraction of sp³-hybridized carbons (Fsp3) is 0.417. The molecule has 1 fully saturated rings. The maximum absolute atomic E-state index is 13.4. The predicted octanol–water partition coefficient (Wildman–Crippen LogP) is 3.55. The van der Waals surface area contributed by atoms with Gasteiger partial charge in [-0.25, -0.2) is 13.2 Å². The van der Waals surface area contributed by atoms with Gasteiger partial charge in [0.25, 0.3) is 0 Å². The number of carboxylic acids is 1. The molecule has 0 unspecified atom stereocenters. The Morgan fingerprint density at radius 1 is 1.08 bits per heavy atom. The number of piperazine rings is 1. The molecule has 1 heterocycles. The molecular formula is C24H29ClF3N3O5S. The van der Waals surface area contributed by atoms with Crippen molar-refractivity contribution in [3.8, 4) is 0 Å². The lowest BCUT2D eigenvalue weighted by Gasteiger charge is -2.29. The molecule has 2 aromatic rings. The number of aryl methyl sites for hydroxylation is 1. The molecular weight excluding hydrogens is 535 g/mol. The second-order valence-corrected chi connectivity index (χ2v) is 10.5. The highest BCUT2D eigenvalue weighted by atomic mass is 35.5. The highest BCUT2D eigenvalue weighted by Gasteiger charge is 2.38. The van der Waals surface area contributed by atoms with Crippen molar-refractivity contribution in [3.05, 3.63) is 64.7 Å². The average molecular weight is 564 g/mol. The maximum Gasteiger partial charge on any atom is 0.490 e. The predicted molar refractivity (Wildman–Crippen MR) is 133 cm³/mol. The van der Waals surface area contributed by atoms with Gasteiger partial charge in [-0.05, 0) is 41.8 Å². The van der Waals surface area contributed by atoms with Gasteiger partial charge in [-0.2, -0.15) is 17.5 Å². The number of hydrogen-bond acceptors (Lipinski definition) is 5.